The van der Waals surface area contributed by atoms with E-state index in [0.29, 0.717) is 13.0 Å². The summed E-state index contributed by atoms with van der Waals surface area (Å²) in [5.74, 6) is 2.76. The van der Waals surface area contributed by atoms with Gasteiger partial charge < -0.3 is 9.88 Å². The lowest BCUT2D eigenvalue weighted by molar-refractivity contribution is -0.117. The van der Waals surface area contributed by atoms with Crippen LogP contribution in [0.15, 0.2) is 24.5 Å². The Morgan fingerprint density at radius 3 is 3.18 bits per heavy atom. The molecular weight excluding hydrogens is 214 g/mol. The number of nitrogens with zero attached hydrogens (tertiary/aromatic N) is 2. The Bertz CT molecular complexity index is 623. The van der Waals surface area contributed by atoms with Gasteiger partial charge in [-0.1, -0.05) is 0 Å². The maximum atomic E-state index is 11.8. The second-order valence-electron chi connectivity index (χ2n) is 4.18. The van der Waals surface area contributed by atoms with Gasteiger partial charge in [-0.05, 0) is 18.2 Å². The van der Waals surface area contributed by atoms with Crippen LogP contribution in [0.25, 0.3) is 11.0 Å². The molecular formula is C13H11N3O. The summed E-state index contributed by atoms with van der Waals surface area (Å²) in [6.45, 7) is 0.606. The summed E-state index contributed by atoms with van der Waals surface area (Å²) < 4.78 is 0. The smallest absolute Gasteiger partial charge is 0.228 e. The predicted octanol–water partition coefficient (Wildman–Crippen LogP) is 1.55. The molecule has 1 N–H and O–H groups in total. The largest absolute Gasteiger partial charge is 0.345 e. The maximum Gasteiger partial charge on any atom is 0.228 e. The molecule has 1 fully saturated rings. The van der Waals surface area contributed by atoms with Crippen molar-refractivity contribution >= 4 is 22.6 Å². The van der Waals surface area contributed by atoms with Gasteiger partial charge in [0.15, 0.2) is 0 Å². The fourth-order valence-electron chi connectivity index (χ4n) is 2.16. The van der Waals surface area contributed by atoms with Gasteiger partial charge >= 0.3 is 0 Å². The second kappa shape index (κ2) is 3.63. The van der Waals surface area contributed by atoms with Crippen molar-refractivity contribution in [3.63, 3.8) is 0 Å². The number of aromatic nitrogens is 2. The number of hydrogen-bond acceptors (Lipinski definition) is 2. The zero-order chi connectivity index (χ0) is 11.8. The molecule has 1 amide bonds. The monoisotopic (exact) mass is 225 g/mol. The molecule has 1 atom stereocenters. The molecule has 1 aromatic heterocycles. The third-order valence-electron chi connectivity index (χ3n) is 3.08. The number of aromatic amines is 1. The zero-order valence-corrected chi connectivity index (χ0v) is 9.18. The minimum atomic E-state index is 0.0277. The van der Waals surface area contributed by atoms with E-state index in [-0.39, 0.29) is 11.8 Å². The lowest BCUT2D eigenvalue weighted by atomic mass is 10.1. The number of carbonyl (C=O) groups is 1. The van der Waals surface area contributed by atoms with Crippen molar-refractivity contribution in [3.8, 4) is 12.3 Å². The summed E-state index contributed by atoms with van der Waals surface area (Å²) in [5.41, 5.74) is 2.71. The topological polar surface area (TPSA) is 49.0 Å². The van der Waals surface area contributed by atoms with Crippen molar-refractivity contribution in [3.05, 3.63) is 24.5 Å². The van der Waals surface area contributed by atoms with Gasteiger partial charge in [-0.15, -0.1) is 12.3 Å². The van der Waals surface area contributed by atoms with Gasteiger partial charge in [0, 0.05) is 24.6 Å². The van der Waals surface area contributed by atoms with E-state index in [1.807, 2.05) is 18.2 Å². The van der Waals surface area contributed by atoms with E-state index in [0.717, 1.165) is 16.7 Å². The van der Waals surface area contributed by atoms with E-state index < -0.39 is 0 Å². The third-order valence-corrected chi connectivity index (χ3v) is 3.08. The highest BCUT2D eigenvalue weighted by Crippen LogP contribution is 2.26. The zero-order valence-electron chi connectivity index (χ0n) is 9.18. The first-order valence-electron chi connectivity index (χ1n) is 5.47. The van der Waals surface area contributed by atoms with E-state index in [9.17, 15) is 4.79 Å². The molecule has 84 valence electrons. The minimum Gasteiger partial charge on any atom is -0.345 e. The lowest BCUT2D eigenvalue weighted by Gasteiger charge is -2.15. The van der Waals surface area contributed by atoms with Gasteiger partial charge in [0.25, 0.3) is 0 Å². The van der Waals surface area contributed by atoms with E-state index >= 15 is 0 Å². The van der Waals surface area contributed by atoms with Crippen LogP contribution in [0.3, 0.4) is 0 Å². The standard InChI is InChI=1S/C13H11N3O/c1-2-9-5-13(17)16(7-9)10-3-4-11-12(6-10)15-8-14-11/h1,3-4,6,8-9H,5,7H2,(H,14,15). The molecule has 0 saturated carbocycles. The number of rotatable bonds is 1. The van der Waals surface area contributed by atoms with Crippen LogP contribution in [0.1, 0.15) is 6.42 Å². The van der Waals surface area contributed by atoms with Gasteiger partial charge in [0.1, 0.15) is 0 Å². The third kappa shape index (κ3) is 1.56. The number of carbonyl (C=O) groups excluding carboxylic acids is 1. The number of amides is 1. The molecule has 1 unspecified atom stereocenters. The number of nitrogens with one attached hydrogen (secondary N) is 1. The van der Waals surface area contributed by atoms with Crippen molar-refractivity contribution in [2.24, 2.45) is 5.92 Å². The fourth-order valence-corrected chi connectivity index (χ4v) is 2.16. The first-order valence-corrected chi connectivity index (χ1v) is 5.47. The molecule has 0 bridgehead atoms. The van der Waals surface area contributed by atoms with Crippen LogP contribution in [-0.4, -0.2) is 22.4 Å². The van der Waals surface area contributed by atoms with Crippen LogP contribution in [0.5, 0.6) is 0 Å². The van der Waals surface area contributed by atoms with Crippen LogP contribution < -0.4 is 4.90 Å². The molecule has 0 aliphatic carbocycles. The predicted molar refractivity (Wildman–Crippen MR) is 65.4 cm³/mol. The Morgan fingerprint density at radius 2 is 2.41 bits per heavy atom. The summed E-state index contributed by atoms with van der Waals surface area (Å²) >= 11 is 0. The number of anilines is 1. The number of H-pyrrole nitrogens is 1. The van der Waals surface area contributed by atoms with Crippen LogP contribution in [0.4, 0.5) is 5.69 Å². The van der Waals surface area contributed by atoms with Crippen molar-refractivity contribution in [1.82, 2.24) is 9.97 Å². The van der Waals surface area contributed by atoms with Crippen LogP contribution in [-0.2, 0) is 4.79 Å². The van der Waals surface area contributed by atoms with Crippen molar-refractivity contribution in [2.45, 2.75) is 6.42 Å². The minimum absolute atomic E-state index is 0.0277. The van der Waals surface area contributed by atoms with Crippen LogP contribution in [0.2, 0.25) is 0 Å². The molecule has 4 nitrogen and oxygen atoms in total. The molecule has 3 rings (SSSR count). The van der Waals surface area contributed by atoms with E-state index in [1.54, 1.807) is 11.2 Å². The highest BCUT2D eigenvalue weighted by molar-refractivity contribution is 5.97. The van der Waals surface area contributed by atoms with Gasteiger partial charge in [0.2, 0.25) is 5.91 Å². The quantitative estimate of drug-likeness (QED) is 0.748. The Balaban J connectivity index is 1.98. The molecule has 17 heavy (non-hydrogen) atoms. The molecule has 1 aromatic carbocycles. The van der Waals surface area contributed by atoms with E-state index in [4.69, 9.17) is 6.42 Å². The van der Waals surface area contributed by atoms with Crippen molar-refractivity contribution in [2.75, 3.05) is 11.4 Å². The summed E-state index contributed by atoms with van der Waals surface area (Å²) in [7, 11) is 0. The van der Waals surface area contributed by atoms with Crippen molar-refractivity contribution in [1.29, 1.82) is 0 Å². The Morgan fingerprint density at radius 1 is 1.53 bits per heavy atom. The molecule has 1 aliphatic rings. The van der Waals surface area contributed by atoms with E-state index in [1.165, 1.54) is 0 Å². The first kappa shape index (κ1) is 9.91. The fraction of sp³-hybridized carbons (Fsp3) is 0.231. The van der Waals surface area contributed by atoms with E-state index in [2.05, 4.69) is 15.9 Å². The van der Waals surface area contributed by atoms with Crippen LogP contribution in [0, 0.1) is 18.3 Å². The van der Waals surface area contributed by atoms with Crippen molar-refractivity contribution < 1.29 is 4.79 Å². The summed E-state index contributed by atoms with van der Waals surface area (Å²) in [6, 6.07) is 5.73. The Hall–Kier alpha value is -2.28. The van der Waals surface area contributed by atoms with Gasteiger partial charge in [-0.3, -0.25) is 4.79 Å². The lowest BCUT2D eigenvalue weighted by Crippen LogP contribution is -2.24. The van der Waals surface area contributed by atoms with Gasteiger partial charge in [-0.2, -0.15) is 0 Å². The average Bonchev–Trinajstić information content (AvgIpc) is 2.93. The molecule has 1 saturated heterocycles. The normalized spacial score (nSPS) is 19.8. The molecule has 2 aromatic rings. The number of hydrogen-bond donors (Lipinski definition) is 1. The number of terminal acetylenes is 1. The second-order valence-corrected chi connectivity index (χ2v) is 4.18. The number of benzene rings is 1. The summed E-state index contributed by atoms with van der Waals surface area (Å²) in [6.07, 6.45) is 7.45. The summed E-state index contributed by atoms with van der Waals surface area (Å²) in [5, 5.41) is 0. The summed E-state index contributed by atoms with van der Waals surface area (Å²) in [4.78, 5) is 20.7. The van der Waals surface area contributed by atoms with Gasteiger partial charge in [-0.25, -0.2) is 4.98 Å². The number of imidazole rings is 1. The molecule has 0 spiro atoms. The SMILES string of the molecule is C#CC1CC(=O)N(c2ccc3nc[nH]c3c2)C1. The Labute approximate surface area is 98.6 Å². The average molecular weight is 225 g/mol. The van der Waals surface area contributed by atoms with Gasteiger partial charge in [0.05, 0.1) is 17.4 Å². The Kier molecular flexibility index (Phi) is 2.12. The number of fused-ring (bicyclic) bond motifs is 1. The molecule has 1 aliphatic heterocycles. The molecule has 0 radical (unpaired) electrons. The molecule has 2 heterocycles. The molecule has 4 heteroatoms. The first-order chi connectivity index (χ1) is 8.28. The highest BCUT2D eigenvalue weighted by atomic mass is 16.2. The van der Waals surface area contributed by atoms with Crippen LogP contribution >= 0.6 is 0 Å². The highest BCUT2D eigenvalue weighted by Gasteiger charge is 2.29. The maximum absolute atomic E-state index is 11.8.